The monoisotopic (exact) mass is 375 g/mol. The van der Waals surface area contributed by atoms with Gasteiger partial charge in [-0.25, -0.2) is 15.0 Å². The Bertz CT molecular complexity index is 726. The Balaban J connectivity index is 2.00. The first-order valence-corrected chi connectivity index (χ1v) is 9.20. The predicted octanol–water partition coefficient (Wildman–Crippen LogP) is 0.246. The molecule has 0 spiro atoms. The normalized spacial score (nSPS) is 15.3. The highest BCUT2D eigenvalue weighted by molar-refractivity contribution is 7.52. The van der Waals surface area contributed by atoms with Crippen molar-refractivity contribution in [1.29, 1.82) is 0 Å². The van der Waals surface area contributed by atoms with E-state index in [9.17, 15) is 9.46 Å². The summed E-state index contributed by atoms with van der Waals surface area (Å²) in [6.07, 6.45) is 1.92. The lowest BCUT2D eigenvalue weighted by atomic mass is 10.3. The van der Waals surface area contributed by atoms with Crippen LogP contribution in [-0.4, -0.2) is 70.9 Å². The summed E-state index contributed by atoms with van der Waals surface area (Å²) in [5.74, 6) is 0.277. The number of rotatable bonds is 11. The third-order valence-electron chi connectivity index (χ3n) is 3.24. The van der Waals surface area contributed by atoms with E-state index in [-0.39, 0.29) is 25.6 Å². The molecule has 0 radical (unpaired) electrons. The zero-order valence-electron chi connectivity index (χ0n) is 14.1. The summed E-state index contributed by atoms with van der Waals surface area (Å²) in [7, 11) is -0.889. The molecule has 1 unspecified atom stereocenters. The van der Waals surface area contributed by atoms with E-state index >= 15 is 0 Å². The Morgan fingerprint density at radius 1 is 1.28 bits per heavy atom. The van der Waals surface area contributed by atoms with Crippen LogP contribution in [0.15, 0.2) is 12.7 Å². The Labute approximate surface area is 144 Å². The van der Waals surface area contributed by atoms with Crippen LogP contribution in [0.1, 0.15) is 0 Å². The largest absolute Gasteiger partial charge is 0.382 e. The maximum Gasteiger partial charge on any atom is 0.353 e. The molecule has 2 heterocycles. The number of aromatic nitrogens is 4. The molecule has 12 heteroatoms. The van der Waals surface area contributed by atoms with Crippen LogP contribution in [0.2, 0.25) is 0 Å². The number of nitrogens with zero attached hydrogens (tertiary/aromatic N) is 4. The van der Waals surface area contributed by atoms with Gasteiger partial charge in [-0.3, -0.25) is 4.57 Å². The lowest BCUT2D eigenvalue weighted by Crippen LogP contribution is -2.26. The van der Waals surface area contributed by atoms with Gasteiger partial charge in [-0.2, -0.15) is 0 Å². The summed E-state index contributed by atoms with van der Waals surface area (Å²) >= 11 is 0. The van der Waals surface area contributed by atoms with Crippen LogP contribution in [-0.2, 0) is 29.8 Å². The molecule has 3 N–H and O–H groups in total. The van der Waals surface area contributed by atoms with Crippen molar-refractivity contribution in [3.8, 4) is 0 Å². The number of hydrogen-bond acceptors (Lipinski definition) is 9. The average molecular weight is 375 g/mol. The van der Waals surface area contributed by atoms with Crippen LogP contribution in [0.3, 0.4) is 0 Å². The number of imidazole rings is 1. The molecule has 140 valence electrons. The van der Waals surface area contributed by atoms with E-state index in [2.05, 4.69) is 15.0 Å². The van der Waals surface area contributed by atoms with Crippen LogP contribution in [0.5, 0.6) is 0 Å². The van der Waals surface area contributed by atoms with Gasteiger partial charge in [-0.05, 0) is 0 Å². The van der Waals surface area contributed by atoms with Crippen molar-refractivity contribution in [2.75, 3.05) is 46.1 Å². The van der Waals surface area contributed by atoms with Crippen LogP contribution in [0, 0.1) is 0 Å². The van der Waals surface area contributed by atoms with Gasteiger partial charge >= 0.3 is 7.60 Å². The molecule has 25 heavy (non-hydrogen) atoms. The maximum absolute atomic E-state index is 11.9. The molecule has 0 aromatic carbocycles. The summed E-state index contributed by atoms with van der Waals surface area (Å²) < 4.78 is 33.9. The molecule has 0 aliphatic heterocycles. The van der Waals surface area contributed by atoms with Crippen molar-refractivity contribution >= 4 is 24.6 Å². The van der Waals surface area contributed by atoms with E-state index in [0.29, 0.717) is 17.7 Å². The second kappa shape index (κ2) is 9.18. The average Bonchev–Trinajstić information content (AvgIpc) is 2.98. The molecule has 0 saturated heterocycles. The molecule has 0 bridgehead atoms. The van der Waals surface area contributed by atoms with Crippen molar-refractivity contribution < 1.29 is 28.2 Å². The van der Waals surface area contributed by atoms with Crippen LogP contribution < -0.4 is 5.73 Å². The topological polar surface area (TPSA) is 144 Å². The third-order valence-corrected chi connectivity index (χ3v) is 4.30. The van der Waals surface area contributed by atoms with Crippen molar-refractivity contribution in [1.82, 2.24) is 19.5 Å². The van der Waals surface area contributed by atoms with Crippen molar-refractivity contribution in [2.24, 2.45) is 0 Å². The van der Waals surface area contributed by atoms with E-state index < -0.39 is 20.0 Å². The Kier molecular flexibility index (Phi) is 7.24. The molecular formula is C13H22N5O6P. The summed E-state index contributed by atoms with van der Waals surface area (Å²) in [6.45, 7) is 0.732. The molecule has 0 aliphatic carbocycles. The predicted molar refractivity (Wildman–Crippen MR) is 89.0 cm³/mol. The molecule has 2 atom stereocenters. The smallest absolute Gasteiger partial charge is 0.353 e. The van der Waals surface area contributed by atoms with Gasteiger partial charge in [0.25, 0.3) is 0 Å². The summed E-state index contributed by atoms with van der Waals surface area (Å²) in [6, 6.07) is 0. The highest BCUT2D eigenvalue weighted by atomic mass is 31.2. The minimum Gasteiger partial charge on any atom is -0.382 e. The molecule has 2 aromatic heterocycles. The Hall–Kier alpha value is -1.62. The Morgan fingerprint density at radius 2 is 2.08 bits per heavy atom. The van der Waals surface area contributed by atoms with Gasteiger partial charge in [0.1, 0.15) is 18.2 Å². The van der Waals surface area contributed by atoms with Crippen LogP contribution in [0.4, 0.5) is 5.82 Å². The van der Waals surface area contributed by atoms with Gasteiger partial charge < -0.3 is 33.9 Å². The van der Waals surface area contributed by atoms with E-state index in [0.717, 1.165) is 0 Å². The van der Waals surface area contributed by atoms with Gasteiger partial charge in [0.15, 0.2) is 11.5 Å². The second-order valence-corrected chi connectivity index (χ2v) is 6.96. The fraction of sp³-hybridized carbons (Fsp3) is 0.615. The first-order chi connectivity index (χ1) is 12.0. The van der Waals surface area contributed by atoms with Gasteiger partial charge in [0.2, 0.25) is 0 Å². The van der Waals surface area contributed by atoms with Gasteiger partial charge in [0, 0.05) is 14.2 Å². The minimum absolute atomic E-state index is 0.00490. The molecule has 0 fully saturated rings. The quantitative estimate of drug-likeness (QED) is 0.414. The molecule has 0 amide bonds. The molecule has 0 saturated carbocycles. The van der Waals surface area contributed by atoms with Crippen LogP contribution >= 0.6 is 7.60 Å². The molecule has 11 nitrogen and oxygen atoms in total. The number of fused-ring (bicyclic) bond motifs is 1. The molecule has 2 aromatic rings. The van der Waals surface area contributed by atoms with Crippen LogP contribution in [0.25, 0.3) is 11.2 Å². The zero-order valence-corrected chi connectivity index (χ0v) is 15.0. The molecule has 2 rings (SSSR count). The fourth-order valence-corrected chi connectivity index (χ4v) is 2.92. The van der Waals surface area contributed by atoms with Gasteiger partial charge in [-0.1, -0.05) is 0 Å². The lowest BCUT2D eigenvalue weighted by Gasteiger charge is -2.20. The number of ether oxygens (including phenoxy) is 3. The SMILES string of the molecule is COCCOP(=O)(O)CO[C@H](COC)Cn1cnc2c(N)ncnc21. The molecule has 0 aliphatic rings. The number of nitrogens with two attached hydrogens (primary N) is 1. The first kappa shape index (κ1) is 19.7. The summed E-state index contributed by atoms with van der Waals surface area (Å²) in [4.78, 5) is 21.9. The van der Waals surface area contributed by atoms with Gasteiger partial charge in [0.05, 0.1) is 38.8 Å². The maximum atomic E-state index is 11.9. The zero-order chi connectivity index (χ0) is 18.3. The standard InChI is InChI=1S/C13H22N5O6P/c1-21-3-4-24-25(19,20)9-23-10(6-22-2)5-18-8-17-11-12(14)15-7-16-13(11)18/h7-8,10H,3-6,9H2,1-2H3,(H,19,20)(H2,14,15,16)/t10-/m0/s1. The third kappa shape index (κ3) is 5.70. The second-order valence-electron chi connectivity index (χ2n) is 5.16. The van der Waals surface area contributed by atoms with E-state index in [1.165, 1.54) is 20.5 Å². The number of anilines is 1. The number of nitrogen functional groups attached to an aromatic ring is 1. The van der Waals surface area contributed by atoms with Gasteiger partial charge in [-0.15, -0.1) is 0 Å². The minimum atomic E-state index is -3.87. The Morgan fingerprint density at radius 3 is 2.80 bits per heavy atom. The number of methoxy groups -OCH3 is 2. The molecular weight excluding hydrogens is 353 g/mol. The van der Waals surface area contributed by atoms with E-state index in [1.807, 2.05) is 0 Å². The summed E-state index contributed by atoms with van der Waals surface area (Å²) in [5, 5.41) is 0. The van der Waals surface area contributed by atoms with E-state index in [4.69, 9.17) is 24.5 Å². The highest BCUT2D eigenvalue weighted by Crippen LogP contribution is 2.41. The van der Waals surface area contributed by atoms with Crippen molar-refractivity contribution in [2.45, 2.75) is 12.6 Å². The fourth-order valence-electron chi connectivity index (χ4n) is 2.09. The lowest BCUT2D eigenvalue weighted by molar-refractivity contribution is 0.00171. The number of hydrogen-bond donors (Lipinski definition) is 2. The van der Waals surface area contributed by atoms with Crippen molar-refractivity contribution in [3.05, 3.63) is 12.7 Å². The van der Waals surface area contributed by atoms with E-state index in [1.54, 1.807) is 10.9 Å². The van der Waals surface area contributed by atoms with Crippen molar-refractivity contribution in [3.63, 3.8) is 0 Å². The first-order valence-electron chi connectivity index (χ1n) is 7.44. The highest BCUT2D eigenvalue weighted by Gasteiger charge is 2.23. The summed E-state index contributed by atoms with van der Waals surface area (Å²) in [5.41, 5.74) is 6.78.